The number of nitrogens with zero attached hydrogens (tertiary/aromatic N) is 3. The maximum Gasteiger partial charge on any atom is 0.304 e. The van der Waals surface area contributed by atoms with E-state index in [9.17, 15) is 18.0 Å². The minimum absolute atomic E-state index is 0.0513. The predicted octanol–water partition coefficient (Wildman–Crippen LogP) is 2.73. The molecule has 0 aliphatic rings. The molecular weight excluding hydrogens is 464 g/mol. The number of amides is 2. The van der Waals surface area contributed by atoms with E-state index >= 15 is 0 Å². The van der Waals surface area contributed by atoms with Gasteiger partial charge < -0.3 is 10.2 Å². The number of hydrogen-bond donors (Lipinski definition) is 1. The van der Waals surface area contributed by atoms with Gasteiger partial charge in [-0.05, 0) is 49.6 Å². The van der Waals surface area contributed by atoms with Gasteiger partial charge in [-0.3, -0.25) is 9.59 Å². The third-order valence-electron chi connectivity index (χ3n) is 5.36. The predicted molar refractivity (Wildman–Crippen MR) is 131 cm³/mol. The summed E-state index contributed by atoms with van der Waals surface area (Å²) in [6.07, 6.45) is 0. The molecule has 0 aromatic heterocycles. The molecule has 1 atom stereocenters. The fraction of sp³-hybridized carbons (Fsp3) is 0.391. The first-order valence-electron chi connectivity index (χ1n) is 10.4. The van der Waals surface area contributed by atoms with Crippen LogP contribution in [0.15, 0.2) is 42.5 Å². The lowest BCUT2D eigenvalue weighted by Crippen LogP contribution is -2.52. The summed E-state index contributed by atoms with van der Waals surface area (Å²) in [6.45, 7) is 4.80. The van der Waals surface area contributed by atoms with Crippen molar-refractivity contribution in [2.75, 3.05) is 32.0 Å². The standard InChI is InChI=1S/C23H31ClN4O4S/c1-16-11-12-17(2)21(13-16)28(33(31,32)26(5)6)15-22(29)27(18(3)23(30)25-4)14-19-9-7-8-10-20(19)24/h7-13,18H,14-15H2,1-6H3,(H,25,30). The van der Waals surface area contributed by atoms with Crippen LogP contribution in [0.5, 0.6) is 0 Å². The summed E-state index contributed by atoms with van der Waals surface area (Å²) < 4.78 is 28.5. The molecule has 0 saturated heterocycles. The van der Waals surface area contributed by atoms with Crippen LogP contribution in [0, 0.1) is 13.8 Å². The van der Waals surface area contributed by atoms with Crippen LogP contribution in [0.4, 0.5) is 5.69 Å². The normalized spacial score (nSPS) is 12.4. The molecule has 2 aromatic carbocycles. The van der Waals surface area contributed by atoms with Gasteiger partial charge in [-0.2, -0.15) is 12.7 Å². The zero-order chi connectivity index (χ0) is 24.9. The molecule has 8 nitrogen and oxygen atoms in total. The third-order valence-corrected chi connectivity index (χ3v) is 7.54. The average molecular weight is 495 g/mol. The lowest BCUT2D eigenvalue weighted by molar-refractivity contribution is -0.139. The van der Waals surface area contributed by atoms with E-state index in [4.69, 9.17) is 11.6 Å². The Labute approximate surface area is 201 Å². The summed E-state index contributed by atoms with van der Waals surface area (Å²) in [6, 6.07) is 11.6. The van der Waals surface area contributed by atoms with Crippen LogP contribution in [0.25, 0.3) is 0 Å². The Morgan fingerprint density at radius 1 is 1.09 bits per heavy atom. The largest absolute Gasteiger partial charge is 0.357 e. The highest BCUT2D eigenvalue weighted by Crippen LogP contribution is 2.26. The molecule has 0 aliphatic heterocycles. The van der Waals surface area contributed by atoms with E-state index in [-0.39, 0.29) is 12.5 Å². The van der Waals surface area contributed by atoms with Crippen LogP contribution < -0.4 is 9.62 Å². The van der Waals surface area contributed by atoms with Crippen LogP contribution in [0.2, 0.25) is 5.02 Å². The molecule has 0 fully saturated rings. The first kappa shape index (κ1) is 26.6. The number of aryl methyl sites for hydroxylation is 2. The molecule has 0 bridgehead atoms. The number of hydrogen-bond acceptors (Lipinski definition) is 4. The minimum atomic E-state index is -4.00. The summed E-state index contributed by atoms with van der Waals surface area (Å²) in [7, 11) is 0.301. The molecule has 0 radical (unpaired) electrons. The Bertz CT molecular complexity index is 1120. The van der Waals surface area contributed by atoms with Gasteiger partial charge in [0.2, 0.25) is 11.8 Å². The fourth-order valence-corrected chi connectivity index (χ4v) is 4.60. The van der Waals surface area contributed by atoms with Gasteiger partial charge in [0.25, 0.3) is 0 Å². The van der Waals surface area contributed by atoms with Crippen molar-refractivity contribution >= 4 is 39.3 Å². The van der Waals surface area contributed by atoms with Crippen molar-refractivity contribution in [2.24, 2.45) is 0 Å². The van der Waals surface area contributed by atoms with E-state index in [0.717, 1.165) is 14.2 Å². The Hall–Kier alpha value is -2.62. The number of rotatable bonds is 9. The molecule has 1 unspecified atom stereocenters. The topological polar surface area (TPSA) is 90.0 Å². The number of carbonyl (C=O) groups is 2. The number of anilines is 1. The van der Waals surface area contributed by atoms with Gasteiger partial charge in [0.15, 0.2) is 0 Å². The van der Waals surface area contributed by atoms with E-state index < -0.39 is 28.7 Å². The second-order valence-corrected chi connectivity index (χ2v) is 10.5. The van der Waals surface area contributed by atoms with Gasteiger partial charge >= 0.3 is 10.2 Å². The average Bonchev–Trinajstić information content (AvgIpc) is 2.77. The van der Waals surface area contributed by atoms with Gasteiger partial charge in [-0.25, -0.2) is 4.31 Å². The first-order chi connectivity index (χ1) is 15.4. The molecule has 1 N–H and O–H groups in total. The Balaban J connectivity index is 2.52. The fourth-order valence-electron chi connectivity index (χ4n) is 3.29. The van der Waals surface area contributed by atoms with E-state index in [2.05, 4.69) is 5.32 Å². The molecule has 2 amide bonds. The van der Waals surface area contributed by atoms with Crippen LogP contribution >= 0.6 is 11.6 Å². The van der Waals surface area contributed by atoms with E-state index in [1.807, 2.05) is 19.1 Å². The highest BCUT2D eigenvalue weighted by atomic mass is 35.5. The van der Waals surface area contributed by atoms with Gasteiger partial charge in [-0.15, -0.1) is 0 Å². The smallest absolute Gasteiger partial charge is 0.304 e. The van der Waals surface area contributed by atoms with Gasteiger partial charge in [0.1, 0.15) is 12.6 Å². The van der Waals surface area contributed by atoms with Crippen molar-refractivity contribution in [1.82, 2.24) is 14.5 Å². The van der Waals surface area contributed by atoms with Crippen molar-refractivity contribution in [3.63, 3.8) is 0 Å². The van der Waals surface area contributed by atoms with Crippen LogP contribution in [0.1, 0.15) is 23.6 Å². The molecule has 0 spiro atoms. The molecule has 0 saturated carbocycles. The number of benzene rings is 2. The number of nitrogens with one attached hydrogen (secondary N) is 1. The molecular formula is C23H31ClN4O4S. The number of likely N-dealkylation sites (N-methyl/N-ethyl adjacent to an activating group) is 1. The summed E-state index contributed by atoms with van der Waals surface area (Å²) in [5.74, 6) is -0.901. The van der Waals surface area contributed by atoms with Gasteiger partial charge in [0.05, 0.1) is 5.69 Å². The molecule has 180 valence electrons. The van der Waals surface area contributed by atoms with Crippen molar-refractivity contribution < 1.29 is 18.0 Å². The zero-order valence-corrected chi connectivity index (χ0v) is 21.4. The van der Waals surface area contributed by atoms with Crippen LogP contribution in [-0.4, -0.2) is 63.2 Å². The zero-order valence-electron chi connectivity index (χ0n) is 19.8. The Morgan fingerprint density at radius 3 is 2.30 bits per heavy atom. The first-order valence-corrected chi connectivity index (χ1v) is 12.2. The highest BCUT2D eigenvalue weighted by molar-refractivity contribution is 7.90. The second kappa shape index (κ2) is 11.0. The van der Waals surface area contributed by atoms with Crippen molar-refractivity contribution in [2.45, 2.75) is 33.4 Å². The second-order valence-electron chi connectivity index (χ2n) is 7.99. The van der Waals surface area contributed by atoms with Crippen LogP contribution in [0.3, 0.4) is 0 Å². The maximum absolute atomic E-state index is 13.5. The number of carbonyl (C=O) groups excluding carboxylic acids is 2. The molecule has 0 aliphatic carbocycles. The third kappa shape index (κ3) is 6.25. The molecule has 33 heavy (non-hydrogen) atoms. The Kier molecular flexibility index (Phi) is 8.88. The summed E-state index contributed by atoms with van der Waals surface area (Å²) in [5, 5.41) is 3.00. The van der Waals surface area contributed by atoms with Crippen molar-refractivity contribution in [3.8, 4) is 0 Å². The highest BCUT2D eigenvalue weighted by Gasteiger charge is 2.33. The molecule has 2 rings (SSSR count). The molecule has 10 heteroatoms. The molecule has 2 aromatic rings. The molecule has 0 heterocycles. The van der Waals surface area contributed by atoms with E-state index in [0.29, 0.717) is 21.8 Å². The number of halogens is 1. The van der Waals surface area contributed by atoms with Crippen molar-refractivity contribution in [1.29, 1.82) is 0 Å². The van der Waals surface area contributed by atoms with Gasteiger partial charge in [0, 0.05) is 32.7 Å². The summed E-state index contributed by atoms with van der Waals surface area (Å²) in [4.78, 5) is 27.3. The van der Waals surface area contributed by atoms with E-state index in [1.54, 1.807) is 44.2 Å². The van der Waals surface area contributed by atoms with Crippen LogP contribution in [-0.2, 0) is 26.3 Å². The summed E-state index contributed by atoms with van der Waals surface area (Å²) >= 11 is 6.29. The maximum atomic E-state index is 13.5. The monoisotopic (exact) mass is 494 g/mol. The lowest BCUT2D eigenvalue weighted by atomic mass is 10.1. The minimum Gasteiger partial charge on any atom is -0.357 e. The van der Waals surface area contributed by atoms with E-state index in [1.165, 1.54) is 26.0 Å². The quantitative estimate of drug-likeness (QED) is 0.580. The van der Waals surface area contributed by atoms with Gasteiger partial charge in [-0.1, -0.05) is 41.9 Å². The SMILES string of the molecule is CNC(=O)C(C)N(Cc1ccccc1Cl)C(=O)CN(c1cc(C)ccc1C)S(=O)(=O)N(C)C. The lowest BCUT2D eigenvalue weighted by Gasteiger charge is -2.33. The summed E-state index contributed by atoms with van der Waals surface area (Å²) in [5.41, 5.74) is 2.61. The van der Waals surface area contributed by atoms with Crippen molar-refractivity contribution in [3.05, 3.63) is 64.2 Å². The Morgan fingerprint density at radius 2 is 1.73 bits per heavy atom.